The first-order valence-electron chi connectivity index (χ1n) is 7.22. The van der Waals surface area contributed by atoms with Crippen LogP contribution in [0.25, 0.3) is 11.1 Å². The van der Waals surface area contributed by atoms with Gasteiger partial charge in [-0.2, -0.15) is 0 Å². The molecule has 0 spiro atoms. The van der Waals surface area contributed by atoms with Crippen molar-refractivity contribution >= 4 is 0 Å². The second kappa shape index (κ2) is 7.10. The van der Waals surface area contributed by atoms with Crippen molar-refractivity contribution in [1.82, 2.24) is 0 Å². The van der Waals surface area contributed by atoms with E-state index in [1.165, 1.54) is 28.7 Å². The summed E-state index contributed by atoms with van der Waals surface area (Å²) in [4.78, 5) is 0. The van der Waals surface area contributed by atoms with Crippen LogP contribution in [0.3, 0.4) is 0 Å². The van der Waals surface area contributed by atoms with Crippen LogP contribution in [0.5, 0.6) is 0 Å². The average Bonchev–Trinajstić information content (AvgIpc) is 2.47. The summed E-state index contributed by atoms with van der Waals surface area (Å²) >= 11 is 0. The minimum atomic E-state index is 0.765. The van der Waals surface area contributed by atoms with E-state index in [0.717, 1.165) is 25.8 Å². The van der Waals surface area contributed by atoms with Crippen molar-refractivity contribution in [2.24, 2.45) is 5.73 Å². The van der Waals surface area contributed by atoms with E-state index in [2.05, 4.69) is 55.5 Å². The molecule has 0 saturated carbocycles. The number of aryl methyl sites for hydroxylation is 2. The summed E-state index contributed by atoms with van der Waals surface area (Å²) < 4.78 is 0. The summed E-state index contributed by atoms with van der Waals surface area (Å²) in [5.74, 6) is 0. The molecule has 2 N–H and O–H groups in total. The summed E-state index contributed by atoms with van der Waals surface area (Å²) in [5.41, 5.74) is 10.9. The molecule has 0 heterocycles. The maximum absolute atomic E-state index is 5.54. The van der Waals surface area contributed by atoms with Crippen LogP contribution in [0.4, 0.5) is 0 Å². The Morgan fingerprint density at radius 2 is 1.21 bits per heavy atom. The first-order valence-corrected chi connectivity index (χ1v) is 7.22. The lowest BCUT2D eigenvalue weighted by Gasteiger charge is -2.05. The molecule has 0 amide bonds. The van der Waals surface area contributed by atoms with Crippen LogP contribution in [0.2, 0.25) is 0 Å². The molecule has 1 nitrogen and oxygen atoms in total. The molecule has 19 heavy (non-hydrogen) atoms. The highest BCUT2D eigenvalue weighted by Crippen LogP contribution is 2.21. The summed E-state index contributed by atoms with van der Waals surface area (Å²) in [6.07, 6.45) is 4.50. The molecule has 0 aliphatic heterocycles. The minimum absolute atomic E-state index is 0.765. The van der Waals surface area contributed by atoms with E-state index in [1.54, 1.807) is 0 Å². The first-order chi connectivity index (χ1) is 9.33. The zero-order valence-electron chi connectivity index (χ0n) is 11.7. The standard InChI is InChI=1S/C18H23N/c1-2-4-15-6-10-17(11-7-15)18-12-8-16(9-13-18)5-3-14-19/h6-13H,2-5,14,19H2,1H3. The predicted octanol–water partition coefficient (Wildman–Crippen LogP) is 4.20. The lowest BCUT2D eigenvalue weighted by atomic mass is 10.00. The lowest BCUT2D eigenvalue weighted by molar-refractivity contribution is 0.833. The molecule has 100 valence electrons. The molecule has 2 rings (SSSR count). The number of rotatable bonds is 6. The average molecular weight is 253 g/mol. The van der Waals surface area contributed by atoms with Gasteiger partial charge in [0.25, 0.3) is 0 Å². The molecule has 0 fully saturated rings. The van der Waals surface area contributed by atoms with Crippen molar-refractivity contribution in [3.8, 4) is 11.1 Å². The van der Waals surface area contributed by atoms with Gasteiger partial charge in [-0.15, -0.1) is 0 Å². The Kier molecular flexibility index (Phi) is 5.17. The van der Waals surface area contributed by atoms with Crippen molar-refractivity contribution in [2.45, 2.75) is 32.6 Å². The van der Waals surface area contributed by atoms with Crippen LogP contribution < -0.4 is 5.73 Å². The van der Waals surface area contributed by atoms with Gasteiger partial charge in [-0.25, -0.2) is 0 Å². The number of hydrogen-bond acceptors (Lipinski definition) is 1. The molecular formula is C18H23N. The Morgan fingerprint density at radius 1 is 0.737 bits per heavy atom. The zero-order valence-corrected chi connectivity index (χ0v) is 11.7. The van der Waals surface area contributed by atoms with Gasteiger partial charge >= 0.3 is 0 Å². The Morgan fingerprint density at radius 3 is 1.63 bits per heavy atom. The van der Waals surface area contributed by atoms with Gasteiger partial charge in [-0.05, 0) is 48.1 Å². The van der Waals surface area contributed by atoms with Gasteiger partial charge in [-0.3, -0.25) is 0 Å². The highest BCUT2D eigenvalue weighted by molar-refractivity contribution is 5.63. The molecule has 1 heteroatoms. The molecule has 0 radical (unpaired) electrons. The monoisotopic (exact) mass is 253 g/mol. The third-order valence-corrected chi connectivity index (χ3v) is 3.45. The molecule has 0 bridgehead atoms. The van der Waals surface area contributed by atoms with Crippen LogP contribution >= 0.6 is 0 Å². The van der Waals surface area contributed by atoms with Crippen molar-refractivity contribution in [2.75, 3.05) is 6.54 Å². The predicted molar refractivity (Wildman–Crippen MR) is 83.2 cm³/mol. The normalized spacial score (nSPS) is 10.6. The summed E-state index contributed by atoms with van der Waals surface area (Å²) in [7, 11) is 0. The van der Waals surface area contributed by atoms with Gasteiger partial charge in [0.05, 0.1) is 0 Å². The van der Waals surface area contributed by atoms with Gasteiger partial charge in [0.1, 0.15) is 0 Å². The molecule has 0 aliphatic rings. The third-order valence-electron chi connectivity index (χ3n) is 3.45. The highest BCUT2D eigenvalue weighted by atomic mass is 14.5. The first kappa shape index (κ1) is 13.8. The quantitative estimate of drug-likeness (QED) is 0.820. The van der Waals surface area contributed by atoms with Crippen LogP contribution in [0.1, 0.15) is 30.9 Å². The summed E-state index contributed by atoms with van der Waals surface area (Å²) in [6.45, 7) is 2.98. The molecule has 2 aromatic carbocycles. The zero-order chi connectivity index (χ0) is 13.5. The van der Waals surface area contributed by atoms with E-state index in [-0.39, 0.29) is 0 Å². The molecule has 0 saturated heterocycles. The van der Waals surface area contributed by atoms with Crippen molar-refractivity contribution in [1.29, 1.82) is 0 Å². The SMILES string of the molecule is CCCc1ccc(-c2ccc(CCCN)cc2)cc1. The maximum Gasteiger partial charge on any atom is -0.00741 e. The van der Waals surface area contributed by atoms with E-state index in [4.69, 9.17) is 5.73 Å². The molecule has 0 aromatic heterocycles. The number of benzene rings is 2. The van der Waals surface area contributed by atoms with Gasteiger partial charge in [-0.1, -0.05) is 61.9 Å². The highest BCUT2D eigenvalue weighted by Gasteiger charge is 1.99. The van der Waals surface area contributed by atoms with E-state index in [0.29, 0.717) is 0 Å². The Labute approximate surface area is 116 Å². The third kappa shape index (κ3) is 3.93. The Balaban J connectivity index is 2.08. The van der Waals surface area contributed by atoms with E-state index in [9.17, 15) is 0 Å². The fourth-order valence-corrected chi connectivity index (χ4v) is 2.32. The number of nitrogens with two attached hydrogens (primary N) is 1. The van der Waals surface area contributed by atoms with Gasteiger partial charge in [0.2, 0.25) is 0 Å². The summed E-state index contributed by atoms with van der Waals surface area (Å²) in [5, 5.41) is 0. The Bertz CT molecular complexity index is 482. The van der Waals surface area contributed by atoms with Crippen LogP contribution in [-0.2, 0) is 12.8 Å². The van der Waals surface area contributed by atoms with Crippen LogP contribution in [0.15, 0.2) is 48.5 Å². The maximum atomic E-state index is 5.54. The van der Waals surface area contributed by atoms with Gasteiger partial charge in [0.15, 0.2) is 0 Å². The molecular weight excluding hydrogens is 230 g/mol. The number of hydrogen-bond donors (Lipinski definition) is 1. The van der Waals surface area contributed by atoms with E-state index >= 15 is 0 Å². The second-order valence-corrected chi connectivity index (χ2v) is 5.04. The summed E-state index contributed by atoms with van der Waals surface area (Å²) in [6, 6.07) is 17.8. The lowest BCUT2D eigenvalue weighted by Crippen LogP contribution is -2.00. The molecule has 0 aliphatic carbocycles. The van der Waals surface area contributed by atoms with Crippen LogP contribution in [-0.4, -0.2) is 6.54 Å². The van der Waals surface area contributed by atoms with Crippen molar-refractivity contribution in [3.63, 3.8) is 0 Å². The van der Waals surface area contributed by atoms with E-state index < -0.39 is 0 Å². The van der Waals surface area contributed by atoms with Crippen molar-refractivity contribution < 1.29 is 0 Å². The molecule has 0 atom stereocenters. The topological polar surface area (TPSA) is 26.0 Å². The smallest absolute Gasteiger partial charge is 0.00741 e. The van der Waals surface area contributed by atoms with Gasteiger partial charge in [0, 0.05) is 0 Å². The fraction of sp³-hybridized carbons (Fsp3) is 0.333. The van der Waals surface area contributed by atoms with Crippen LogP contribution in [0, 0.1) is 0 Å². The minimum Gasteiger partial charge on any atom is -0.330 e. The van der Waals surface area contributed by atoms with Crippen molar-refractivity contribution in [3.05, 3.63) is 59.7 Å². The second-order valence-electron chi connectivity index (χ2n) is 5.04. The van der Waals surface area contributed by atoms with E-state index in [1.807, 2.05) is 0 Å². The fourth-order valence-electron chi connectivity index (χ4n) is 2.32. The largest absolute Gasteiger partial charge is 0.330 e. The molecule has 0 unspecified atom stereocenters. The molecule has 2 aromatic rings. The Hall–Kier alpha value is -1.60. The van der Waals surface area contributed by atoms with Gasteiger partial charge < -0.3 is 5.73 Å².